The number of hydrogen-bond acceptors (Lipinski definition) is 4. The van der Waals surface area contributed by atoms with Gasteiger partial charge in [-0.05, 0) is 24.4 Å². The van der Waals surface area contributed by atoms with Crippen LogP contribution in [0.4, 0.5) is 0 Å². The second-order valence-corrected chi connectivity index (χ2v) is 4.41. The molecule has 3 nitrogen and oxygen atoms in total. The monoisotopic (exact) mass is 229 g/mol. The molecule has 0 aromatic carbocycles. The quantitative estimate of drug-likeness (QED) is 0.776. The highest BCUT2D eigenvalue weighted by molar-refractivity contribution is 7.10. The Kier molecular flexibility index (Phi) is 5.68. The van der Waals surface area contributed by atoms with Gasteiger partial charge in [-0.3, -0.25) is 4.90 Å². The Morgan fingerprint density at radius 2 is 2.27 bits per heavy atom. The Balaban J connectivity index is 2.56. The Bertz CT molecular complexity index is 269. The summed E-state index contributed by atoms with van der Waals surface area (Å²) in [6, 6.07) is 1.99. The zero-order chi connectivity index (χ0) is 11.1. The molecule has 0 radical (unpaired) electrons. The number of aliphatic hydroxyl groups excluding tert-OH is 1. The van der Waals surface area contributed by atoms with Crippen molar-refractivity contribution < 1.29 is 9.84 Å². The predicted molar refractivity (Wildman–Crippen MR) is 63.5 cm³/mol. The van der Waals surface area contributed by atoms with E-state index in [1.165, 1.54) is 4.88 Å². The topological polar surface area (TPSA) is 32.7 Å². The fourth-order valence-electron chi connectivity index (χ4n) is 1.56. The number of methoxy groups -OCH3 is 1. The maximum absolute atomic E-state index is 8.95. The first-order chi connectivity index (χ1) is 7.31. The SMILES string of the molecule is CCCN(CCO)Cc1sccc1OC. The van der Waals surface area contributed by atoms with E-state index in [0.29, 0.717) is 0 Å². The summed E-state index contributed by atoms with van der Waals surface area (Å²) in [4.78, 5) is 3.48. The van der Waals surface area contributed by atoms with Crippen molar-refractivity contribution >= 4 is 11.3 Å². The molecule has 15 heavy (non-hydrogen) atoms. The van der Waals surface area contributed by atoms with Gasteiger partial charge in [0.25, 0.3) is 0 Å². The fourth-order valence-corrected chi connectivity index (χ4v) is 2.44. The van der Waals surface area contributed by atoms with Gasteiger partial charge in [-0.15, -0.1) is 11.3 Å². The van der Waals surface area contributed by atoms with Gasteiger partial charge in [0, 0.05) is 13.1 Å². The second-order valence-electron chi connectivity index (χ2n) is 3.41. The van der Waals surface area contributed by atoms with Gasteiger partial charge < -0.3 is 9.84 Å². The third-order valence-electron chi connectivity index (χ3n) is 2.25. The molecule has 0 spiro atoms. The first-order valence-corrected chi connectivity index (χ1v) is 6.13. The molecule has 0 saturated heterocycles. The third kappa shape index (κ3) is 3.81. The van der Waals surface area contributed by atoms with Gasteiger partial charge >= 0.3 is 0 Å². The first kappa shape index (κ1) is 12.5. The van der Waals surface area contributed by atoms with Crippen LogP contribution in [0.1, 0.15) is 18.2 Å². The van der Waals surface area contributed by atoms with E-state index in [4.69, 9.17) is 9.84 Å². The summed E-state index contributed by atoms with van der Waals surface area (Å²) in [7, 11) is 1.70. The zero-order valence-corrected chi connectivity index (χ0v) is 10.2. The van der Waals surface area contributed by atoms with E-state index in [9.17, 15) is 0 Å². The van der Waals surface area contributed by atoms with Crippen LogP contribution < -0.4 is 4.74 Å². The molecular weight excluding hydrogens is 210 g/mol. The number of rotatable bonds is 7. The van der Waals surface area contributed by atoms with E-state index in [1.807, 2.05) is 11.4 Å². The highest BCUT2D eigenvalue weighted by Gasteiger charge is 2.09. The molecular formula is C11H19NO2S. The Morgan fingerprint density at radius 1 is 1.47 bits per heavy atom. The van der Waals surface area contributed by atoms with Crippen molar-refractivity contribution in [2.75, 3.05) is 26.8 Å². The minimum Gasteiger partial charge on any atom is -0.496 e. The lowest BCUT2D eigenvalue weighted by molar-refractivity contribution is 0.190. The summed E-state index contributed by atoms with van der Waals surface area (Å²) < 4.78 is 5.26. The van der Waals surface area contributed by atoms with E-state index < -0.39 is 0 Å². The average Bonchev–Trinajstić information content (AvgIpc) is 2.66. The summed E-state index contributed by atoms with van der Waals surface area (Å²) in [5.41, 5.74) is 0. The van der Waals surface area contributed by atoms with Crippen LogP contribution >= 0.6 is 11.3 Å². The fraction of sp³-hybridized carbons (Fsp3) is 0.636. The molecule has 0 aliphatic carbocycles. The van der Waals surface area contributed by atoms with E-state index >= 15 is 0 Å². The van der Waals surface area contributed by atoms with Crippen molar-refractivity contribution in [1.29, 1.82) is 0 Å². The molecule has 1 rings (SSSR count). The summed E-state index contributed by atoms with van der Waals surface area (Å²) in [6.45, 7) is 4.98. The molecule has 1 N–H and O–H groups in total. The van der Waals surface area contributed by atoms with Crippen LogP contribution in [0.5, 0.6) is 5.75 Å². The lowest BCUT2D eigenvalue weighted by Crippen LogP contribution is -2.27. The maximum Gasteiger partial charge on any atom is 0.134 e. The van der Waals surface area contributed by atoms with Crippen LogP contribution in [0.3, 0.4) is 0 Å². The number of ether oxygens (including phenoxy) is 1. The summed E-state index contributed by atoms with van der Waals surface area (Å²) in [5.74, 6) is 0.957. The van der Waals surface area contributed by atoms with Crippen LogP contribution in [-0.4, -0.2) is 36.8 Å². The van der Waals surface area contributed by atoms with Crippen LogP contribution in [-0.2, 0) is 6.54 Å². The van der Waals surface area contributed by atoms with Crippen LogP contribution in [0.2, 0.25) is 0 Å². The van der Waals surface area contributed by atoms with E-state index in [-0.39, 0.29) is 6.61 Å². The number of thiophene rings is 1. The predicted octanol–water partition coefficient (Wildman–Crippen LogP) is 1.96. The van der Waals surface area contributed by atoms with Crippen LogP contribution in [0, 0.1) is 0 Å². The van der Waals surface area contributed by atoms with Crippen molar-refractivity contribution in [3.8, 4) is 5.75 Å². The maximum atomic E-state index is 8.95. The molecule has 0 fully saturated rings. The smallest absolute Gasteiger partial charge is 0.134 e. The zero-order valence-electron chi connectivity index (χ0n) is 9.40. The largest absolute Gasteiger partial charge is 0.496 e. The molecule has 0 atom stereocenters. The number of nitrogens with zero attached hydrogens (tertiary/aromatic N) is 1. The molecule has 0 aliphatic rings. The van der Waals surface area contributed by atoms with E-state index in [1.54, 1.807) is 18.4 Å². The van der Waals surface area contributed by atoms with Gasteiger partial charge in [-0.2, -0.15) is 0 Å². The first-order valence-electron chi connectivity index (χ1n) is 5.25. The molecule has 86 valence electrons. The summed E-state index contributed by atoms with van der Waals surface area (Å²) >= 11 is 1.71. The van der Waals surface area contributed by atoms with E-state index in [0.717, 1.165) is 31.8 Å². The van der Waals surface area contributed by atoms with E-state index in [2.05, 4.69) is 11.8 Å². The molecule has 0 bridgehead atoms. The van der Waals surface area contributed by atoms with Gasteiger partial charge in [0.1, 0.15) is 5.75 Å². The molecule has 0 saturated carbocycles. The van der Waals surface area contributed by atoms with Gasteiger partial charge in [0.05, 0.1) is 18.6 Å². The number of hydrogen-bond donors (Lipinski definition) is 1. The minimum atomic E-state index is 0.216. The van der Waals surface area contributed by atoms with Crippen molar-refractivity contribution in [3.05, 3.63) is 16.3 Å². The minimum absolute atomic E-state index is 0.216. The molecule has 1 aromatic heterocycles. The molecule has 0 unspecified atom stereocenters. The van der Waals surface area contributed by atoms with Crippen LogP contribution in [0.25, 0.3) is 0 Å². The Morgan fingerprint density at radius 3 is 2.87 bits per heavy atom. The van der Waals surface area contributed by atoms with Gasteiger partial charge in [-0.1, -0.05) is 6.92 Å². The van der Waals surface area contributed by atoms with Gasteiger partial charge in [0.2, 0.25) is 0 Å². The van der Waals surface area contributed by atoms with Crippen molar-refractivity contribution in [1.82, 2.24) is 4.90 Å². The molecule has 0 amide bonds. The molecule has 1 aromatic rings. The lowest BCUT2D eigenvalue weighted by atomic mass is 10.3. The standard InChI is InChI=1S/C11H19NO2S/c1-3-5-12(6-7-13)9-11-10(14-2)4-8-15-11/h4,8,13H,3,5-7,9H2,1-2H3. The molecule has 0 aliphatic heterocycles. The van der Waals surface area contributed by atoms with Crippen molar-refractivity contribution in [3.63, 3.8) is 0 Å². The highest BCUT2D eigenvalue weighted by atomic mass is 32.1. The van der Waals surface area contributed by atoms with Gasteiger partial charge in [0.15, 0.2) is 0 Å². The van der Waals surface area contributed by atoms with Crippen molar-refractivity contribution in [2.24, 2.45) is 0 Å². The Hall–Kier alpha value is -0.580. The van der Waals surface area contributed by atoms with Crippen LogP contribution in [0.15, 0.2) is 11.4 Å². The summed E-state index contributed by atoms with van der Waals surface area (Å²) in [5, 5.41) is 11.0. The highest BCUT2D eigenvalue weighted by Crippen LogP contribution is 2.25. The third-order valence-corrected chi connectivity index (χ3v) is 3.13. The Labute approximate surface area is 95.3 Å². The normalized spacial score (nSPS) is 10.9. The van der Waals surface area contributed by atoms with Crippen molar-refractivity contribution in [2.45, 2.75) is 19.9 Å². The summed E-state index contributed by atoms with van der Waals surface area (Å²) in [6.07, 6.45) is 1.10. The van der Waals surface area contributed by atoms with Gasteiger partial charge in [-0.25, -0.2) is 0 Å². The average molecular weight is 229 g/mol. The lowest BCUT2D eigenvalue weighted by Gasteiger charge is -2.20. The molecule has 4 heteroatoms. The number of aliphatic hydroxyl groups is 1. The second kappa shape index (κ2) is 6.82. The molecule has 1 heterocycles.